The molecular weight excluding hydrogens is 206 g/mol. The zero-order chi connectivity index (χ0) is 11.7. The number of hydrogen-bond acceptors (Lipinski definition) is 4. The van der Waals surface area contributed by atoms with Crippen molar-refractivity contribution in [2.24, 2.45) is 0 Å². The van der Waals surface area contributed by atoms with E-state index in [1.165, 1.54) is 0 Å². The van der Waals surface area contributed by atoms with Crippen molar-refractivity contribution in [3.05, 3.63) is 17.5 Å². The third kappa shape index (κ3) is 1.85. The van der Waals surface area contributed by atoms with Crippen LogP contribution >= 0.6 is 0 Å². The highest BCUT2D eigenvalue weighted by molar-refractivity contribution is 5.78. The van der Waals surface area contributed by atoms with Crippen molar-refractivity contribution < 1.29 is 9.90 Å². The lowest BCUT2D eigenvalue weighted by atomic mass is 10.2. The molecule has 0 amide bonds. The van der Waals surface area contributed by atoms with E-state index < -0.39 is 12.0 Å². The average Bonchev–Trinajstić information content (AvgIpc) is 2.71. The number of nitrogens with zero attached hydrogens (tertiary/aromatic N) is 3. The van der Waals surface area contributed by atoms with E-state index in [0.717, 1.165) is 24.2 Å². The van der Waals surface area contributed by atoms with E-state index in [0.29, 0.717) is 12.4 Å². The lowest BCUT2D eigenvalue weighted by molar-refractivity contribution is -0.138. The van der Waals surface area contributed by atoms with Gasteiger partial charge in [0.1, 0.15) is 6.04 Å². The second kappa shape index (κ2) is 4.08. The Bertz CT molecular complexity index is 420. The van der Waals surface area contributed by atoms with E-state index in [2.05, 4.69) is 9.97 Å². The van der Waals surface area contributed by atoms with E-state index >= 15 is 0 Å². The van der Waals surface area contributed by atoms with Crippen molar-refractivity contribution in [2.75, 3.05) is 11.4 Å². The van der Waals surface area contributed by atoms with Crippen LogP contribution in [0.15, 0.2) is 6.20 Å². The van der Waals surface area contributed by atoms with Crippen LogP contribution in [0.5, 0.6) is 0 Å². The number of aromatic nitrogens is 2. The lowest BCUT2D eigenvalue weighted by Gasteiger charge is -2.21. The van der Waals surface area contributed by atoms with Crippen LogP contribution in [0, 0.1) is 13.8 Å². The van der Waals surface area contributed by atoms with Crippen molar-refractivity contribution in [3.63, 3.8) is 0 Å². The number of aliphatic carboxylic acids is 1. The second-order valence-corrected chi connectivity index (χ2v) is 4.13. The third-order valence-electron chi connectivity index (χ3n) is 3.01. The number of carbonyl (C=O) groups is 1. The lowest BCUT2D eigenvalue weighted by Crippen LogP contribution is -2.37. The summed E-state index contributed by atoms with van der Waals surface area (Å²) in [5, 5.41) is 9.07. The van der Waals surface area contributed by atoms with E-state index in [-0.39, 0.29) is 0 Å². The van der Waals surface area contributed by atoms with Gasteiger partial charge in [0.2, 0.25) is 5.95 Å². The first-order valence-electron chi connectivity index (χ1n) is 5.39. The highest BCUT2D eigenvalue weighted by atomic mass is 16.4. The van der Waals surface area contributed by atoms with Gasteiger partial charge in [-0.1, -0.05) is 0 Å². The highest BCUT2D eigenvalue weighted by Gasteiger charge is 2.32. The predicted molar refractivity (Wildman–Crippen MR) is 59.5 cm³/mol. The van der Waals surface area contributed by atoms with Gasteiger partial charge in [0.05, 0.1) is 0 Å². The molecule has 1 fully saturated rings. The SMILES string of the molecule is Cc1cnc(N2CCCC2C(=O)O)nc1C. The molecule has 1 aromatic rings. The summed E-state index contributed by atoms with van der Waals surface area (Å²) in [4.78, 5) is 21.4. The number of aryl methyl sites for hydroxylation is 2. The second-order valence-electron chi connectivity index (χ2n) is 4.13. The molecule has 5 nitrogen and oxygen atoms in total. The molecule has 86 valence electrons. The van der Waals surface area contributed by atoms with Crippen molar-refractivity contribution in [3.8, 4) is 0 Å². The van der Waals surface area contributed by atoms with Crippen molar-refractivity contribution in [2.45, 2.75) is 32.7 Å². The normalized spacial score (nSPS) is 20.1. The summed E-state index contributed by atoms with van der Waals surface area (Å²) in [6.07, 6.45) is 3.30. The molecule has 0 aromatic carbocycles. The minimum atomic E-state index is -0.792. The van der Waals surface area contributed by atoms with Gasteiger partial charge >= 0.3 is 5.97 Å². The molecule has 1 atom stereocenters. The first-order valence-corrected chi connectivity index (χ1v) is 5.39. The summed E-state index contributed by atoms with van der Waals surface area (Å²) in [5.41, 5.74) is 1.93. The van der Waals surface area contributed by atoms with Crippen LogP contribution in [0.3, 0.4) is 0 Å². The molecule has 0 bridgehead atoms. The Morgan fingerprint density at radius 3 is 2.94 bits per heavy atom. The Kier molecular flexibility index (Phi) is 2.77. The zero-order valence-electron chi connectivity index (χ0n) is 9.47. The van der Waals surface area contributed by atoms with Gasteiger partial charge in [-0.15, -0.1) is 0 Å². The third-order valence-corrected chi connectivity index (χ3v) is 3.01. The van der Waals surface area contributed by atoms with Crippen LogP contribution in [0.1, 0.15) is 24.1 Å². The van der Waals surface area contributed by atoms with Crippen LogP contribution in [0.4, 0.5) is 5.95 Å². The molecule has 1 saturated heterocycles. The number of hydrogen-bond donors (Lipinski definition) is 1. The molecule has 0 saturated carbocycles. The smallest absolute Gasteiger partial charge is 0.326 e. The maximum Gasteiger partial charge on any atom is 0.326 e. The van der Waals surface area contributed by atoms with Crippen LogP contribution in [0.25, 0.3) is 0 Å². The molecule has 2 rings (SSSR count). The minimum Gasteiger partial charge on any atom is -0.480 e. The molecule has 1 aliphatic heterocycles. The largest absolute Gasteiger partial charge is 0.480 e. The van der Waals surface area contributed by atoms with Gasteiger partial charge in [-0.05, 0) is 32.3 Å². The minimum absolute atomic E-state index is 0.470. The molecular formula is C11H15N3O2. The summed E-state index contributed by atoms with van der Waals surface area (Å²) >= 11 is 0. The molecule has 0 aliphatic carbocycles. The van der Waals surface area contributed by atoms with Gasteiger partial charge in [-0.2, -0.15) is 0 Å². The Hall–Kier alpha value is -1.65. The molecule has 0 spiro atoms. The van der Waals surface area contributed by atoms with Crippen LogP contribution in [0.2, 0.25) is 0 Å². The summed E-state index contributed by atoms with van der Waals surface area (Å²) < 4.78 is 0. The van der Waals surface area contributed by atoms with Gasteiger partial charge < -0.3 is 10.0 Å². The maximum atomic E-state index is 11.0. The van der Waals surface area contributed by atoms with Crippen molar-refractivity contribution >= 4 is 11.9 Å². The molecule has 0 radical (unpaired) electrons. The topological polar surface area (TPSA) is 66.3 Å². The Morgan fingerprint density at radius 2 is 2.31 bits per heavy atom. The fourth-order valence-corrected chi connectivity index (χ4v) is 1.92. The summed E-state index contributed by atoms with van der Waals surface area (Å²) in [5.74, 6) is -0.257. The van der Waals surface area contributed by atoms with Gasteiger partial charge in [-0.3, -0.25) is 0 Å². The van der Waals surface area contributed by atoms with Gasteiger partial charge in [0.25, 0.3) is 0 Å². The molecule has 1 unspecified atom stereocenters. The standard InChI is InChI=1S/C11H15N3O2/c1-7-6-12-11(13-8(7)2)14-5-3-4-9(14)10(15)16/h6,9H,3-5H2,1-2H3,(H,15,16). The van der Waals surface area contributed by atoms with Gasteiger partial charge in [0, 0.05) is 18.4 Å². The molecule has 2 heterocycles. The van der Waals surface area contributed by atoms with Gasteiger partial charge in [0.15, 0.2) is 0 Å². The van der Waals surface area contributed by atoms with Crippen LogP contribution in [-0.4, -0.2) is 33.6 Å². The van der Waals surface area contributed by atoms with Crippen molar-refractivity contribution in [1.29, 1.82) is 0 Å². The average molecular weight is 221 g/mol. The van der Waals surface area contributed by atoms with Crippen molar-refractivity contribution in [1.82, 2.24) is 9.97 Å². The quantitative estimate of drug-likeness (QED) is 0.811. The number of anilines is 1. The van der Waals surface area contributed by atoms with E-state index in [4.69, 9.17) is 5.11 Å². The van der Waals surface area contributed by atoms with E-state index in [1.54, 1.807) is 11.1 Å². The molecule has 1 aliphatic rings. The Morgan fingerprint density at radius 1 is 1.56 bits per heavy atom. The fourth-order valence-electron chi connectivity index (χ4n) is 1.92. The first-order chi connectivity index (χ1) is 7.59. The monoisotopic (exact) mass is 221 g/mol. The number of carboxylic acids is 1. The molecule has 1 aromatic heterocycles. The Balaban J connectivity index is 2.29. The summed E-state index contributed by atoms with van der Waals surface area (Å²) in [6.45, 7) is 4.57. The molecule has 5 heteroatoms. The molecule has 16 heavy (non-hydrogen) atoms. The van der Waals surface area contributed by atoms with E-state index in [1.807, 2.05) is 13.8 Å². The fraction of sp³-hybridized carbons (Fsp3) is 0.545. The maximum absolute atomic E-state index is 11.0. The highest BCUT2D eigenvalue weighted by Crippen LogP contribution is 2.22. The summed E-state index contributed by atoms with van der Waals surface area (Å²) in [7, 11) is 0. The van der Waals surface area contributed by atoms with Gasteiger partial charge in [-0.25, -0.2) is 14.8 Å². The first kappa shape index (κ1) is 10.9. The number of rotatable bonds is 2. The summed E-state index contributed by atoms with van der Waals surface area (Å²) in [6, 6.07) is -0.470. The zero-order valence-corrected chi connectivity index (χ0v) is 9.47. The van der Waals surface area contributed by atoms with E-state index in [9.17, 15) is 4.79 Å². The van der Waals surface area contributed by atoms with Crippen LogP contribution in [-0.2, 0) is 4.79 Å². The number of carboxylic acid groups (broad SMARTS) is 1. The van der Waals surface area contributed by atoms with Crippen LogP contribution < -0.4 is 4.90 Å². The molecule has 1 N–H and O–H groups in total. The predicted octanol–water partition coefficient (Wildman–Crippen LogP) is 1.15. The Labute approximate surface area is 94.1 Å².